The van der Waals surface area contributed by atoms with Gasteiger partial charge >= 0.3 is 0 Å². The zero-order chi connectivity index (χ0) is 13.9. The van der Waals surface area contributed by atoms with Gasteiger partial charge in [-0.25, -0.2) is 4.98 Å². The van der Waals surface area contributed by atoms with Crippen LogP contribution in [0.4, 0.5) is 5.95 Å². The van der Waals surface area contributed by atoms with E-state index >= 15 is 0 Å². The van der Waals surface area contributed by atoms with Gasteiger partial charge in [0.25, 0.3) is 0 Å². The average molecular weight is 270 g/mol. The Kier molecular flexibility index (Phi) is 3.52. The van der Waals surface area contributed by atoms with Gasteiger partial charge in [-0.05, 0) is 24.5 Å². The van der Waals surface area contributed by atoms with Gasteiger partial charge < -0.3 is 15.8 Å². The Labute approximate surface area is 118 Å². The molecule has 0 spiro atoms. The quantitative estimate of drug-likeness (QED) is 0.888. The molecule has 1 aliphatic carbocycles. The van der Waals surface area contributed by atoms with Crippen LogP contribution in [0.15, 0.2) is 36.5 Å². The zero-order valence-electron chi connectivity index (χ0n) is 11.4. The van der Waals surface area contributed by atoms with Gasteiger partial charge in [-0.2, -0.15) is 4.98 Å². The van der Waals surface area contributed by atoms with E-state index in [1.807, 2.05) is 19.1 Å². The summed E-state index contributed by atoms with van der Waals surface area (Å²) in [5.74, 6) is 1.12. The lowest BCUT2D eigenvalue weighted by Crippen LogP contribution is -2.30. The Morgan fingerprint density at radius 2 is 2.20 bits per heavy atom. The summed E-state index contributed by atoms with van der Waals surface area (Å²) >= 11 is 0. The first-order valence-electron chi connectivity index (χ1n) is 6.83. The lowest BCUT2D eigenvalue weighted by molar-refractivity contribution is 0.326. The Balaban J connectivity index is 1.82. The Morgan fingerprint density at radius 1 is 1.35 bits per heavy atom. The summed E-state index contributed by atoms with van der Waals surface area (Å²) in [6.07, 6.45) is 2.56. The van der Waals surface area contributed by atoms with Gasteiger partial charge in [-0.1, -0.05) is 24.3 Å². The van der Waals surface area contributed by atoms with Crippen molar-refractivity contribution in [3.63, 3.8) is 0 Å². The molecule has 1 heterocycles. The fourth-order valence-corrected chi connectivity index (χ4v) is 2.59. The molecule has 0 bridgehead atoms. The van der Waals surface area contributed by atoms with Crippen LogP contribution in [0.1, 0.15) is 24.1 Å². The van der Waals surface area contributed by atoms with E-state index in [0.29, 0.717) is 18.4 Å². The lowest BCUT2D eigenvalue weighted by atomic mass is 10.1. The molecular formula is C15H18N4O. The third-order valence-electron chi connectivity index (χ3n) is 3.48. The Bertz CT molecular complexity index is 602. The Morgan fingerprint density at radius 3 is 3.05 bits per heavy atom. The minimum atomic E-state index is 0.0340. The number of hydrogen-bond donors (Lipinski definition) is 2. The number of nitrogens with two attached hydrogens (primary N) is 1. The summed E-state index contributed by atoms with van der Waals surface area (Å²) in [7, 11) is 0. The van der Waals surface area contributed by atoms with Gasteiger partial charge in [-0.15, -0.1) is 0 Å². The third-order valence-corrected chi connectivity index (χ3v) is 3.48. The molecule has 1 aliphatic rings. The van der Waals surface area contributed by atoms with Gasteiger partial charge in [0, 0.05) is 18.3 Å². The molecule has 1 aromatic heterocycles. The van der Waals surface area contributed by atoms with Crippen LogP contribution in [0.3, 0.4) is 0 Å². The minimum Gasteiger partial charge on any atom is -0.478 e. The van der Waals surface area contributed by atoms with Crippen molar-refractivity contribution in [3.8, 4) is 5.88 Å². The van der Waals surface area contributed by atoms with Gasteiger partial charge in [0.05, 0.1) is 12.6 Å². The maximum Gasteiger partial charge on any atom is 0.226 e. The van der Waals surface area contributed by atoms with Crippen molar-refractivity contribution in [2.24, 2.45) is 5.73 Å². The molecule has 2 aromatic rings. The van der Waals surface area contributed by atoms with Crippen molar-refractivity contribution in [1.82, 2.24) is 9.97 Å². The fraction of sp³-hybridized carbons (Fsp3) is 0.333. The van der Waals surface area contributed by atoms with E-state index in [2.05, 4.69) is 27.4 Å². The highest BCUT2D eigenvalue weighted by Crippen LogP contribution is 2.32. The van der Waals surface area contributed by atoms with Crippen LogP contribution in [-0.4, -0.2) is 22.6 Å². The first-order valence-corrected chi connectivity index (χ1v) is 6.83. The summed E-state index contributed by atoms with van der Waals surface area (Å²) < 4.78 is 5.38. The number of aromatic nitrogens is 2. The van der Waals surface area contributed by atoms with Crippen LogP contribution in [0, 0.1) is 0 Å². The van der Waals surface area contributed by atoms with Gasteiger partial charge in [0.15, 0.2) is 0 Å². The van der Waals surface area contributed by atoms with Crippen molar-refractivity contribution in [2.75, 3.05) is 11.9 Å². The number of ether oxygens (including phenoxy) is 1. The molecule has 0 amide bonds. The number of benzene rings is 1. The predicted octanol–water partition coefficient (Wildman–Crippen LogP) is 1.91. The largest absolute Gasteiger partial charge is 0.478 e. The fourth-order valence-electron chi connectivity index (χ4n) is 2.59. The summed E-state index contributed by atoms with van der Waals surface area (Å²) in [5, 5.41) is 3.32. The van der Waals surface area contributed by atoms with Gasteiger partial charge in [0.1, 0.15) is 0 Å². The standard InChI is InChI=1S/C15H18N4O/c1-2-20-13-7-8-17-15(18-13)19-14-11-6-4-3-5-10(11)9-12(14)16/h3-8,12,14H,2,9,16H2,1H3,(H,17,18,19). The third kappa shape index (κ3) is 2.44. The van der Waals surface area contributed by atoms with Crippen LogP contribution in [0.25, 0.3) is 0 Å². The molecule has 1 aromatic carbocycles. The number of anilines is 1. The molecule has 3 N–H and O–H groups in total. The normalized spacial score (nSPS) is 20.5. The molecule has 0 radical (unpaired) electrons. The molecule has 20 heavy (non-hydrogen) atoms. The molecule has 2 unspecified atom stereocenters. The molecule has 0 saturated heterocycles. The second-order valence-electron chi connectivity index (χ2n) is 4.84. The molecule has 0 saturated carbocycles. The Hall–Kier alpha value is -2.14. The first-order chi connectivity index (χ1) is 9.78. The van der Waals surface area contributed by atoms with E-state index in [9.17, 15) is 0 Å². The highest BCUT2D eigenvalue weighted by molar-refractivity contribution is 5.43. The number of fused-ring (bicyclic) bond motifs is 1. The van der Waals surface area contributed by atoms with E-state index in [1.54, 1.807) is 12.3 Å². The maximum absolute atomic E-state index is 6.22. The van der Waals surface area contributed by atoms with E-state index < -0.39 is 0 Å². The molecular weight excluding hydrogens is 252 g/mol. The van der Waals surface area contributed by atoms with Crippen LogP contribution in [-0.2, 0) is 6.42 Å². The topological polar surface area (TPSA) is 73.1 Å². The highest BCUT2D eigenvalue weighted by atomic mass is 16.5. The number of nitrogens with zero attached hydrogens (tertiary/aromatic N) is 2. The zero-order valence-corrected chi connectivity index (χ0v) is 11.4. The summed E-state index contributed by atoms with van der Waals surface area (Å²) in [4.78, 5) is 8.57. The summed E-state index contributed by atoms with van der Waals surface area (Å²) in [6.45, 7) is 2.51. The van der Waals surface area contributed by atoms with Crippen molar-refractivity contribution in [2.45, 2.75) is 25.4 Å². The molecule has 5 nitrogen and oxygen atoms in total. The van der Waals surface area contributed by atoms with Crippen molar-refractivity contribution in [3.05, 3.63) is 47.7 Å². The molecule has 0 fully saturated rings. The van der Waals surface area contributed by atoms with Crippen LogP contribution in [0.5, 0.6) is 5.88 Å². The van der Waals surface area contributed by atoms with E-state index in [4.69, 9.17) is 10.5 Å². The van der Waals surface area contributed by atoms with Crippen LogP contribution in [0.2, 0.25) is 0 Å². The van der Waals surface area contributed by atoms with Gasteiger partial charge in [0.2, 0.25) is 11.8 Å². The number of rotatable bonds is 4. The smallest absolute Gasteiger partial charge is 0.226 e. The monoisotopic (exact) mass is 270 g/mol. The number of hydrogen-bond acceptors (Lipinski definition) is 5. The molecule has 3 rings (SSSR count). The molecule has 2 atom stereocenters. The second-order valence-corrected chi connectivity index (χ2v) is 4.84. The van der Waals surface area contributed by atoms with Crippen LogP contribution >= 0.6 is 0 Å². The maximum atomic E-state index is 6.22. The molecule has 5 heteroatoms. The summed E-state index contributed by atoms with van der Waals surface area (Å²) in [5.41, 5.74) is 8.74. The average Bonchev–Trinajstić information content (AvgIpc) is 2.76. The first kappa shape index (κ1) is 12.9. The van der Waals surface area contributed by atoms with E-state index in [0.717, 1.165) is 6.42 Å². The van der Waals surface area contributed by atoms with E-state index in [-0.39, 0.29) is 12.1 Å². The van der Waals surface area contributed by atoms with Crippen LogP contribution < -0.4 is 15.8 Å². The van der Waals surface area contributed by atoms with Crippen molar-refractivity contribution >= 4 is 5.95 Å². The highest BCUT2D eigenvalue weighted by Gasteiger charge is 2.29. The summed E-state index contributed by atoms with van der Waals surface area (Å²) in [6, 6.07) is 10.1. The minimum absolute atomic E-state index is 0.0340. The molecule has 0 aliphatic heterocycles. The van der Waals surface area contributed by atoms with E-state index in [1.165, 1.54) is 11.1 Å². The lowest BCUT2D eigenvalue weighted by Gasteiger charge is -2.18. The second kappa shape index (κ2) is 5.46. The van der Waals surface area contributed by atoms with Gasteiger partial charge in [-0.3, -0.25) is 0 Å². The van der Waals surface area contributed by atoms with Crippen molar-refractivity contribution in [1.29, 1.82) is 0 Å². The molecule has 104 valence electrons. The predicted molar refractivity (Wildman–Crippen MR) is 77.7 cm³/mol. The SMILES string of the molecule is CCOc1ccnc(NC2c3ccccc3CC2N)n1. The van der Waals surface area contributed by atoms with Crippen molar-refractivity contribution < 1.29 is 4.74 Å². The number of nitrogens with one attached hydrogen (secondary N) is 1.